The van der Waals surface area contributed by atoms with Gasteiger partial charge in [-0.05, 0) is 49.3 Å². The highest BCUT2D eigenvalue weighted by molar-refractivity contribution is 14.0. The summed E-state index contributed by atoms with van der Waals surface area (Å²) < 4.78 is 16.8. The molecule has 2 N–H and O–H groups in total. The SMILES string of the molecule is CCNC(=NCc1cc(Cl)c2c(c1)OCCCO2)NCC1(CCOC)CCC1.I. The van der Waals surface area contributed by atoms with E-state index in [9.17, 15) is 0 Å². The third kappa shape index (κ3) is 6.79. The average Bonchev–Trinajstić information content (AvgIpc) is 2.90. The molecule has 0 unspecified atom stereocenters. The van der Waals surface area contributed by atoms with Crippen LogP contribution < -0.4 is 20.1 Å². The fourth-order valence-corrected chi connectivity index (χ4v) is 3.96. The zero-order valence-electron chi connectivity index (χ0n) is 17.4. The second-order valence-corrected chi connectivity index (χ2v) is 8.01. The molecule has 0 aromatic heterocycles. The van der Waals surface area contributed by atoms with Crippen molar-refractivity contribution < 1.29 is 14.2 Å². The van der Waals surface area contributed by atoms with E-state index in [0.717, 1.165) is 44.1 Å². The van der Waals surface area contributed by atoms with Crippen LogP contribution in [-0.4, -0.2) is 46.0 Å². The van der Waals surface area contributed by atoms with Crippen LogP contribution in [0.5, 0.6) is 11.5 Å². The van der Waals surface area contributed by atoms with E-state index >= 15 is 0 Å². The van der Waals surface area contributed by atoms with Gasteiger partial charge in [-0.25, -0.2) is 4.99 Å². The second-order valence-electron chi connectivity index (χ2n) is 7.60. The fraction of sp³-hybridized carbons (Fsp3) is 0.667. The van der Waals surface area contributed by atoms with Gasteiger partial charge < -0.3 is 24.8 Å². The highest BCUT2D eigenvalue weighted by atomic mass is 127. The number of nitrogens with zero attached hydrogens (tertiary/aromatic N) is 1. The highest BCUT2D eigenvalue weighted by Crippen LogP contribution is 2.43. The van der Waals surface area contributed by atoms with E-state index in [1.165, 1.54) is 19.3 Å². The Morgan fingerprint density at radius 2 is 2.00 bits per heavy atom. The molecule has 0 spiro atoms. The van der Waals surface area contributed by atoms with Crippen LogP contribution in [0.3, 0.4) is 0 Å². The van der Waals surface area contributed by atoms with Gasteiger partial charge in [-0.2, -0.15) is 0 Å². The minimum absolute atomic E-state index is 0. The van der Waals surface area contributed by atoms with Crippen LogP contribution in [0.4, 0.5) is 0 Å². The van der Waals surface area contributed by atoms with Crippen LogP contribution in [-0.2, 0) is 11.3 Å². The van der Waals surface area contributed by atoms with Gasteiger partial charge in [0.15, 0.2) is 17.5 Å². The van der Waals surface area contributed by atoms with E-state index in [1.807, 2.05) is 12.1 Å². The lowest BCUT2D eigenvalue weighted by molar-refractivity contribution is 0.0732. The van der Waals surface area contributed by atoms with Crippen molar-refractivity contribution in [3.05, 3.63) is 22.7 Å². The topological polar surface area (TPSA) is 64.1 Å². The van der Waals surface area contributed by atoms with Crippen molar-refractivity contribution in [2.45, 2.75) is 45.6 Å². The molecule has 8 heteroatoms. The molecule has 29 heavy (non-hydrogen) atoms. The van der Waals surface area contributed by atoms with E-state index in [2.05, 4.69) is 17.6 Å². The molecular formula is C21H33ClIN3O3. The number of hydrogen-bond acceptors (Lipinski definition) is 4. The molecule has 3 rings (SSSR count). The molecular weight excluding hydrogens is 505 g/mol. The molecule has 0 atom stereocenters. The Kier molecular flexibility index (Phi) is 10.1. The fourth-order valence-electron chi connectivity index (χ4n) is 3.67. The molecule has 164 valence electrons. The van der Waals surface area contributed by atoms with Crippen LogP contribution in [0.2, 0.25) is 5.02 Å². The number of rotatable bonds is 8. The summed E-state index contributed by atoms with van der Waals surface area (Å²) in [5.74, 6) is 2.18. The molecule has 1 saturated carbocycles. The highest BCUT2D eigenvalue weighted by Gasteiger charge is 2.36. The molecule has 1 aliphatic heterocycles. The molecule has 1 aromatic rings. The predicted octanol–water partition coefficient (Wildman–Crippen LogP) is 4.38. The second kappa shape index (κ2) is 12.1. The smallest absolute Gasteiger partial charge is 0.191 e. The van der Waals surface area contributed by atoms with Crippen molar-refractivity contribution in [3.8, 4) is 11.5 Å². The Bertz CT molecular complexity index is 683. The maximum Gasteiger partial charge on any atom is 0.191 e. The van der Waals surface area contributed by atoms with Crippen LogP contribution >= 0.6 is 35.6 Å². The third-order valence-electron chi connectivity index (χ3n) is 5.51. The Morgan fingerprint density at radius 1 is 1.21 bits per heavy atom. The number of halogens is 2. The lowest BCUT2D eigenvalue weighted by Crippen LogP contribution is -2.46. The van der Waals surface area contributed by atoms with Crippen LogP contribution in [0, 0.1) is 5.41 Å². The summed E-state index contributed by atoms with van der Waals surface area (Å²) in [5.41, 5.74) is 1.34. The van der Waals surface area contributed by atoms with Crippen molar-refractivity contribution in [2.75, 3.05) is 40.0 Å². The summed E-state index contributed by atoms with van der Waals surface area (Å²) >= 11 is 6.40. The zero-order valence-corrected chi connectivity index (χ0v) is 20.5. The predicted molar refractivity (Wildman–Crippen MR) is 128 cm³/mol. The van der Waals surface area contributed by atoms with Crippen LogP contribution in [0.15, 0.2) is 17.1 Å². The minimum atomic E-state index is 0. The number of fused-ring (bicyclic) bond motifs is 1. The lowest BCUT2D eigenvalue weighted by atomic mass is 9.67. The van der Waals surface area contributed by atoms with E-state index in [0.29, 0.717) is 41.7 Å². The molecule has 1 fully saturated rings. The Balaban J connectivity index is 0.00000300. The van der Waals surface area contributed by atoms with E-state index in [-0.39, 0.29) is 24.0 Å². The summed E-state index contributed by atoms with van der Waals surface area (Å²) in [6.45, 7) is 6.42. The van der Waals surface area contributed by atoms with Gasteiger partial charge in [0.2, 0.25) is 0 Å². The first kappa shape index (κ1) is 24.3. The number of aliphatic imine (C=N–C) groups is 1. The molecule has 0 saturated heterocycles. The maximum atomic E-state index is 6.40. The third-order valence-corrected chi connectivity index (χ3v) is 5.79. The molecule has 1 aromatic carbocycles. The Labute approximate surface area is 196 Å². The van der Waals surface area contributed by atoms with Crippen molar-refractivity contribution in [1.29, 1.82) is 0 Å². The molecule has 1 aliphatic carbocycles. The number of ether oxygens (including phenoxy) is 3. The van der Waals surface area contributed by atoms with Gasteiger partial charge in [-0.3, -0.25) is 0 Å². The normalized spacial score (nSPS) is 17.6. The molecule has 0 radical (unpaired) electrons. The molecule has 0 bridgehead atoms. The largest absolute Gasteiger partial charge is 0.489 e. The van der Waals surface area contributed by atoms with Crippen LogP contribution in [0.1, 0.15) is 44.6 Å². The van der Waals surface area contributed by atoms with E-state index in [1.54, 1.807) is 7.11 Å². The monoisotopic (exact) mass is 537 g/mol. The van der Waals surface area contributed by atoms with Crippen molar-refractivity contribution in [2.24, 2.45) is 10.4 Å². The number of methoxy groups -OCH3 is 1. The molecule has 0 amide bonds. The summed E-state index contributed by atoms with van der Waals surface area (Å²) in [5, 5.41) is 7.44. The first-order valence-corrected chi connectivity index (χ1v) is 10.6. The summed E-state index contributed by atoms with van der Waals surface area (Å²) in [7, 11) is 1.77. The summed E-state index contributed by atoms with van der Waals surface area (Å²) in [6.07, 6.45) is 5.75. The maximum absolute atomic E-state index is 6.40. The number of benzene rings is 1. The minimum Gasteiger partial charge on any atom is -0.489 e. The summed E-state index contributed by atoms with van der Waals surface area (Å²) in [6, 6.07) is 3.89. The molecule has 6 nitrogen and oxygen atoms in total. The van der Waals surface area contributed by atoms with Gasteiger partial charge >= 0.3 is 0 Å². The van der Waals surface area contributed by atoms with Gasteiger partial charge in [0.05, 0.1) is 24.8 Å². The molecule has 2 aliphatic rings. The van der Waals surface area contributed by atoms with Crippen molar-refractivity contribution in [1.82, 2.24) is 10.6 Å². The molecule has 1 heterocycles. The zero-order chi connectivity index (χ0) is 19.8. The van der Waals surface area contributed by atoms with Crippen LogP contribution in [0.25, 0.3) is 0 Å². The first-order chi connectivity index (χ1) is 13.7. The summed E-state index contributed by atoms with van der Waals surface area (Å²) in [4.78, 5) is 4.75. The van der Waals surface area contributed by atoms with Gasteiger partial charge in [-0.15, -0.1) is 24.0 Å². The average molecular weight is 538 g/mol. The van der Waals surface area contributed by atoms with Gasteiger partial charge in [0.1, 0.15) is 0 Å². The number of nitrogens with one attached hydrogen (secondary N) is 2. The van der Waals surface area contributed by atoms with Crippen molar-refractivity contribution >= 4 is 41.5 Å². The quantitative estimate of drug-likeness (QED) is 0.293. The lowest BCUT2D eigenvalue weighted by Gasteiger charge is -2.42. The number of guanidine groups is 1. The number of hydrogen-bond donors (Lipinski definition) is 2. The Morgan fingerprint density at radius 3 is 2.69 bits per heavy atom. The van der Waals surface area contributed by atoms with Gasteiger partial charge in [0.25, 0.3) is 0 Å². The van der Waals surface area contributed by atoms with E-state index < -0.39 is 0 Å². The van der Waals surface area contributed by atoms with Crippen molar-refractivity contribution in [3.63, 3.8) is 0 Å². The first-order valence-electron chi connectivity index (χ1n) is 10.2. The standard InChI is InChI=1S/C21H32ClN3O3.HI/c1-3-23-20(25-15-21(6-4-7-21)8-11-26-2)24-14-16-12-17(22)19-18(13-16)27-9-5-10-28-19;/h12-13H,3-11,14-15H2,1-2H3,(H2,23,24,25);1H. The Hall–Kier alpha value is -0.930. The van der Waals surface area contributed by atoms with Gasteiger partial charge in [0, 0.05) is 33.2 Å². The van der Waals surface area contributed by atoms with E-state index in [4.69, 9.17) is 30.8 Å². The van der Waals surface area contributed by atoms with Gasteiger partial charge in [-0.1, -0.05) is 18.0 Å².